The molecule has 0 radical (unpaired) electrons. The monoisotopic (exact) mass is 445 g/mol. The van der Waals surface area contributed by atoms with Crippen LogP contribution in [0.1, 0.15) is 45.5 Å². The SMILES string of the molecule is CCCCOc1ccc(C(=O)NNC(=O)c2sc(-c3ccsc3)nc2C)cc1OC. The molecular weight excluding hydrogens is 422 g/mol. The lowest BCUT2D eigenvalue weighted by molar-refractivity contribution is 0.0848. The Balaban J connectivity index is 1.63. The summed E-state index contributed by atoms with van der Waals surface area (Å²) >= 11 is 2.85. The fourth-order valence-corrected chi connectivity index (χ4v) is 4.29. The zero-order valence-electron chi connectivity index (χ0n) is 17.0. The minimum atomic E-state index is -0.456. The number of benzene rings is 1. The van der Waals surface area contributed by atoms with E-state index in [1.165, 1.54) is 18.4 Å². The molecular formula is C21H23N3O4S2. The second-order valence-electron chi connectivity index (χ2n) is 6.42. The highest BCUT2D eigenvalue weighted by Crippen LogP contribution is 2.30. The first-order valence-corrected chi connectivity index (χ1v) is 11.2. The van der Waals surface area contributed by atoms with Crippen molar-refractivity contribution >= 4 is 34.5 Å². The summed E-state index contributed by atoms with van der Waals surface area (Å²) in [6.45, 7) is 4.43. The minimum Gasteiger partial charge on any atom is -0.493 e. The predicted octanol–water partition coefficient (Wildman–Crippen LogP) is 4.44. The number of thiazole rings is 1. The van der Waals surface area contributed by atoms with Crippen LogP contribution in [0.2, 0.25) is 0 Å². The van der Waals surface area contributed by atoms with Crippen molar-refractivity contribution in [3.63, 3.8) is 0 Å². The fourth-order valence-electron chi connectivity index (χ4n) is 2.61. The van der Waals surface area contributed by atoms with Gasteiger partial charge in [-0.1, -0.05) is 13.3 Å². The number of hydrogen-bond acceptors (Lipinski definition) is 7. The van der Waals surface area contributed by atoms with Crippen LogP contribution < -0.4 is 20.3 Å². The van der Waals surface area contributed by atoms with Crippen molar-refractivity contribution in [3.05, 3.63) is 51.2 Å². The van der Waals surface area contributed by atoms with Gasteiger partial charge in [-0.3, -0.25) is 20.4 Å². The highest BCUT2D eigenvalue weighted by Gasteiger charge is 2.18. The molecule has 0 bridgehead atoms. The van der Waals surface area contributed by atoms with E-state index in [-0.39, 0.29) is 0 Å². The minimum absolute atomic E-state index is 0.343. The molecule has 9 heteroatoms. The van der Waals surface area contributed by atoms with Gasteiger partial charge in [0.25, 0.3) is 11.8 Å². The summed E-state index contributed by atoms with van der Waals surface area (Å²) < 4.78 is 11.0. The van der Waals surface area contributed by atoms with E-state index in [9.17, 15) is 9.59 Å². The van der Waals surface area contributed by atoms with E-state index in [0.717, 1.165) is 23.4 Å². The van der Waals surface area contributed by atoms with Gasteiger partial charge in [0.2, 0.25) is 0 Å². The molecule has 0 saturated carbocycles. The van der Waals surface area contributed by atoms with Crippen molar-refractivity contribution in [2.45, 2.75) is 26.7 Å². The van der Waals surface area contributed by atoms with Crippen molar-refractivity contribution in [2.24, 2.45) is 0 Å². The van der Waals surface area contributed by atoms with Gasteiger partial charge in [0.05, 0.1) is 19.4 Å². The van der Waals surface area contributed by atoms with Gasteiger partial charge >= 0.3 is 0 Å². The number of unbranched alkanes of at least 4 members (excludes halogenated alkanes) is 1. The second kappa shape index (κ2) is 10.2. The molecule has 3 aromatic rings. The molecule has 2 heterocycles. The standard InChI is InChI=1S/C21H23N3O4S2/c1-4-5-9-28-16-7-6-14(11-17(16)27-3)19(25)23-24-20(26)18-13(2)22-21(30-18)15-8-10-29-12-15/h6-8,10-12H,4-5,9H2,1-3H3,(H,23,25)(H,24,26). The average Bonchev–Trinajstić information content (AvgIpc) is 3.42. The first-order chi connectivity index (χ1) is 14.5. The predicted molar refractivity (Wildman–Crippen MR) is 118 cm³/mol. The first kappa shape index (κ1) is 21.8. The van der Waals surface area contributed by atoms with Crippen molar-refractivity contribution < 1.29 is 19.1 Å². The van der Waals surface area contributed by atoms with Crippen LogP contribution in [-0.4, -0.2) is 30.5 Å². The lowest BCUT2D eigenvalue weighted by Gasteiger charge is -2.12. The Hall–Kier alpha value is -2.91. The summed E-state index contributed by atoms with van der Waals surface area (Å²) in [5.74, 6) is 0.171. The number of carbonyl (C=O) groups excluding carboxylic acids is 2. The molecule has 0 aliphatic carbocycles. The quantitative estimate of drug-likeness (QED) is 0.395. The molecule has 158 valence electrons. The molecule has 1 aromatic carbocycles. The summed E-state index contributed by atoms with van der Waals surface area (Å²) in [7, 11) is 1.52. The molecule has 0 aliphatic rings. The lowest BCUT2D eigenvalue weighted by Crippen LogP contribution is -2.41. The molecule has 0 aliphatic heterocycles. The van der Waals surface area contributed by atoms with Gasteiger partial charge in [-0.25, -0.2) is 4.98 Å². The van der Waals surface area contributed by atoms with Crippen LogP contribution in [0, 0.1) is 6.92 Å². The molecule has 0 unspecified atom stereocenters. The van der Waals surface area contributed by atoms with E-state index in [1.54, 1.807) is 36.5 Å². The lowest BCUT2D eigenvalue weighted by atomic mass is 10.2. The van der Waals surface area contributed by atoms with Crippen LogP contribution >= 0.6 is 22.7 Å². The van der Waals surface area contributed by atoms with Gasteiger partial charge in [0.1, 0.15) is 9.88 Å². The molecule has 30 heavy (non-hydrogen) atoms. The number of aromatic nitrogens is 1. The van der Waals surface area contributed by atoms with Gasteiger partial charge in [0.15, 0.2) is 11.5 Å². The number of hydrogen-bond donors (Lipinski definition) is 2. The first-order valence-electron chi connectivity index (χ1n) is 9.45. The normalized spacial score (nSPS) is 10.5. The Labute approximate surface area is 183 Å². The van der Waals surface area contributed by atoms with Gasteiger partial charge < -0.3 is 9.47 Å². The van der Waals surface area contributed by atoms with E-state index >= 15 is 0 Å². The van der Waals surface area contributed by atoms with Crippen LogP contribution in [0.25, 0.3) is 10.6 Å². The molecule has 0 spiro atoms. The summed E-state index contributed by atoms with van der Waals surface area (Å²) in [5, 5.41) is 4.71. The van der Waals surface area contributed by atoms with Crippen LogP contribution in [0.4, 0.5) is 0 Å². The largest absolute Gasteiger partial charge is 0.493 e. The molecule has 0 fully saturated rings. The summed E-state index contributed by atoms with van der Waals surface area (Å²) in [4.78, 5) is 29.9. The Morgan fingerprint density at radius 3 is 2.63 bits per heavy atom. The Morgan fingerprint density at radius 2 is 1.93 bits per heavy atom. The maximum atomic E-state index is 12.5. The van der Waals surface area contributed by atoms with Crippen LogP contribution in [0.15, 0.2) is 35.0 Å². The van der Waals surface area contributed by atoms with Gasteiger partial charge in [0, 0.05) is 16.5 Å². The van der Waals surface area contributed by atoms with Gasteiger partial charge in [-0.15, -0.1) is 11.3 Å². The Kier molecular flexibility index (Phi) is 7.42. The van der Waals surface area contributed by atoms with Crippen molar-refractivity contribution in [3.8, 4) is 22.1 Å². The number of thiophene rings is 1. The molecule has 3 rings (SSSR count). The molecule has 7 nitrogen and oxygen atoms in total. The molecule has 0 saturated heterocycles. The second-order valence-corrected chi connectivity index (χ2v) is 8.20. The fraction of sp³-hybridized carbons (Fsp3) is 0.286. The third-order valence-electron chi connectivity index (χ3n) is 4.24. The van der Waals surface area contributed by atoms with E-state index in [0.29, 0.717) is 34.2 Å². The highest BCUT2D eigenvalue weighted by atomic mass is 32.1. The number of aryl methyl sites for hydroxylation is 1. The van der Waals surface area contributed by atoms with E-state index in [1.807, 2.05) is 16.8 Å². The average molecular weight is 446 g/mol. The number of nitrogens with zero attached hydrogens (tertiary/aromatic N) is 1. The third kappa shape index (κ3) is 5.17. The van der Waals surface area contributed by atoms with Crippen molar-refractivity contribution in [1.29, 1.82) is 0 Å². The number of methoxy groups -OCH3 is 1. The summed E-state index contributed by atoms with van der Waals surface area (Å²) in [6, 6.07) is 6.84. The van der Waals surface area contributed by atoms with Crippen LogP contribution in [-0.2, 0) is 0 Å². The maximum absolute atomic E-state index is 12.5. The highest BCUT2D eigenvalue weighted by molar-refractivity contribution is 7.17. The topological polar surface area (TPSA) is 89.6 Å². The van der Waals surface area contributed by atoms with Crippen LogP contribution in [0.5, 0.6) is 11.5 Å². The Morgan fingerprint density at radius 1 is 1.13 bits per heavy atom. The molecule has 2 amide bonds. The zero-order chi connectivity index (χ0) is 21.5. The number of amides is 2. The number of nitrogens with one attached hydrogen (secondary N) is 2. The maximum Gasteiger partial charge on any atom is 0.281 e. The summed E-state index contributed by atoms with van der Waals surface area (Å²) in [5.41, 5.74) is 6.82. The number of ether oxygens (including phenoxy) is 2. The van der Waals surface area contributed by atoms with Gasteiger partial charge in [-0.05, 0) is 43.0 Å². The van der Waals surface area contributed by atoms with Crippen molar-refractivity contribution in [1.82, 2.24) is 15.8 Å². The molecule has 2 aromatic heterocycles. The Bertz CT molecular complexity index is 1020. The van der Waals surface area contributed by atoms with Gasteiger partial charge in [-0.2, -0.15) is 11.3 Å². The van der Waals surface area contributed by atoms with Crippen LogP contribution in [0.3, 0.4) is 0 Å². The third-order valence-corrected chi connectivity index (χ3v) is 6.13. The number of hydrazine groups is 1. The smallest absolute Gasteiger partial charge is 0.281 e. The molecule has 0 atom stereocenters. The van der Waals surface area contributed by atoms with Crippen molar-refractivity contribution in [2.75, 3.05) is 13.7 Å². The zero-order valence-corrected chi connectivity index (χ0v) is 18.6. The van der Waals surface area contributed by atoms with E-state index in [2.05, 4.69) is 22.8 Å². The summed E-state index contributed by atoms with van der Waals surface area (Å²) in [6.07, 6.45) is 1.96. The number of rotatable bonds is 8. The molecule has 2 N–H and O–H groups in total. The number of carbonyl (C=O) groups is 2. The van der Waals surface area contributed by atoms with E-state index < -0.39 is 11.8 Å². The van der Waals surface area contributed by atoms with E-state index in [4.69, 9.17) is 9.47 Å².